The molecular formula is C43H52BCl2F2N7O4. The fourth-order valence-corrected chi connectivity index (χ4v) is 8.79. The first-order valence-electron chi connectivity index (χ1n) is 19.7. The summed E-state index contributed by atoms with van der Waals surface area (Å²) in [6.45, 7) is 9.19. The maximum Gasteiger partial charge on any atom is 0.242 e. The first kappa shape index (κ1) is 45.4. The molecule has 0 unspecified atom stereocenters. The maximum absolute atomic E-state index is 16.1. The molecule has 6 N–H and O–H groups in total. The van der Waals surface area contributed by atoms with Gasteiger partial charge in [-0.1, -0.05) is 75.0 Å². The number of nitrogens with zero attached hydrogens (tertiary/aromatic N) is 2. The summed E-state index contributed by atoms with van der Waals surface area (Å²) in [6, 6.07) is 14.0. The predicted molar refractivity (Wildman–Crippen MR) is 228 cm³/mol. The highest BCUT2D eigenvalue weighted by Crippen LogP contribution is 2.52. The molecule has 2 aliphatic rings. The third-order valence-electron chi connectivity index (χ3n) is 11.2. The van der Waals surface area contributed by atoms with Crippen LogP contribution in [-0.2, 0) is 16.0 Å². The molecule has 1 saturated heterocycles. The molecule has 1 saturated carbocycles. The summed E-state index contributed by atoms with van der Waals surface area (Å²) >= 11 is 12.4. The number of rotatable bonds is 13. The lowest BCUT2D eigenvalue weighted by Crippen LogP contribution is -2.43. The highest BCUT2D eigenvalue weighted by atomic mass is 35.5. The van der Waals surface area contributed by atoms with Gasteiger partial charge in [0.15, 0.2) is 0 Å². The fraction of sp³-hybridized carbons (Fsp3) is 0.442. The number of allylic oxidation sites excluding steroid dienone is 1. The van der Waals surface area contributed by atoms with Crippen LogP contribution in [0.15, 0.2) is 66.5 Å². The quantitative estimate of drug-likeness (QED) is 0.0671. The zero-order chi connectivity index (χ0) is 43.2. The molecule has 16 heteroatoms. The SMILES string of the molecule is COc1cc(C(=O)NBC2CCC(N(N)/C=C(\C)NC(C)=O)CC2)ccc1NC(=O)[C@@H]1N[C@@H](CC(C)(C)C)[C@](C#N)(Cc2ccc(Cl)cc2F)[C@H]1c1cccc(Cl)c1F. The van der Waals surface area contributed by atoms with E-state index >= 15 is 8.78 Å². The number of carbonyl (C=O) groups excluding carboxylic acids is 3. The van der Waals surface area contributed by atoms with Crippen LogP contribution in [0.1, 0.15) is 94.1 Å². The van der Waals surface area contributed by atoms with Gasteiger partial charge in [0.05, 0.1) is 35.3 Å². The van der Waals surface area contributed by atoms with Gasteiger partial charge in [-0.05, 0) is 91.4 Å². The number of carbonyl (C=O) groups is 3. The molecule has 0 bridgehead atoms. The molecule has 0 aromatic heterocycles. The fourth-order valence-electron chi connectivity index (χ4n) is 8.45. The molecule has 314 valence electrons. The number of hydrogen-bond acceptors (Lipinski definition) is 8. The second-order valence-electron chi connectivity index (χ2n) is 16.9. The van der Waals surface area contributed by atoms with Gasteiger partial charge in [0, 0.05) is 47.4 Å². The zero-order valence-corrected chi connectivity index (χ0v) is 35.7. The standard InChI is InChI=1S/C43H52BCl2F2N7O4/c1-24(51-25(2)56)22-55(50)30-15-12-28(13-16-30)44-54-40(57)26-11-17-34(35(18-26)59-6)52-41(58)39-37(31-8-7-9-32(46)38(31)48)43(23-49,36(53-39)21-42(3,4)5)20-27-10-14-29(45)19-33(27)47/h7-11,14,17-19,22,28,30,36-37,39,44,53H,12-13,15-16,20-21,50H2,1-6H3,(H,51,56)(H,52,58)(H,54,57)/b24-22+/t28?,30?,36-,37-,39+,43+/m0/s1. The van der Waals surface area contributed by atoms with Crippen molar-refractivity contribution in [2.24, 2.45) is 16.7 Å². The molecule has 1 aliphatic carbocycles. The highest BCUT2D eigenvalue weighted by molar-refractivity contribution is 6.40. The summed E-state index contributed by atoms with van der Waals surface area (Å²) in [5, 5.41) is 24.8. The lowest BCUT2D eigenvalue weighted by atomic mass is 9.63. The molecule has 0 radical (unpaired) electrons. The summed E-state index contributed by atoms with van der Waals surface area (Å²) in [6.07, 6.45) is 5.32. The average Bonchev–Trinajstić information content (AvgIpc) is 3.47. The predicted octanol–water partition coefficient (Wildman–Crippen LogP) is 7.52. The number of ether oxygens (including phenoxy) is 1. The highest BCUT2D eigenvalue weighted by Gasteiger charge is 2.59. The van der Waals surface area contributed by atoms with Crippen LogP contribution in [0.2, 0.25) is 15.9 Å². The number of methoxy groups -OCH3 is 1. The zero-order valence-electron chi connectivity index (χ0n) is 34.2. The van der Waals surface area contributed by atoms with Gasteiger partial charge in [-0.15, -0.1) is 0 Å². The minimum Gasteiger partial charge on any atom is -0.495 e. The van der Waals surface area contributed by atoms with Gasteiger partial charge >= 0.3 is 0 Å². The van der Waals surface area contributed by atoms with Gasteiger partial charge in [-0.3, -0.25) is 14.4 Å². The number of nitriles is 1. The van der Waals surface area contributed by atoms with Crippen molar-refractivity contribution in [3.63, 3.8) is 0 Å². The number of halogens is 4. The Morgan fingerprint density at radius 3 is 2.42 bits per heavy atom. The number of hydrogen-bond donors (Lipinski definition) is 5. The summed E-state index contributed by atoms with van der Waals surface area (Å²) in [5.74, 6) is 3.11. The summed E-state index contributed by atoms with van der Waals surface area (Å²) in [7, 11) is 1.88. The maximum atomic E-state index is 16.1. The monoisotopic (exact) mass is 849 g/mol. The van der Waals surface area contributed by atoms with Crippen molar-refractivity contribution >= 4 is 54.0 Å². The van der Waals surface area contributed by atoms with Gasteiger partial charge in [0.25, 0.3) is 0 Å². The van der Waals surface area contributed by atoms with Crippen LogP contribution in [0.5, 0.6) is 5.75 Å². The molecule has 2 fully saturated rings. The lowest BCUT2D eigenvalue weighted by Gasteiger charge is -2.37. The molecule has 11 nitrogen and oxygen atoms in total. The van der Waals surface area contributed by atoms with Crippen molar-refractivity contribution in [1.29, 1.82) is 5.26 Å². The number of amides is 3. The molecule has 4 atom stereocenters. The number of hydrazine groups is 1. The van der Waals surface area contributed by atoms with Crippen molar-refractivity contribution in [2.45, 2.75) is 103 Å². The summed E-state index contributed by atoms with van der Waals surface area (Å²) < 4.78 is 37.2. The Labute approximate surface area is 355 Å². The molecule has 3 amide bonds. The van der Waals surface area contributed by atoms with E-state index in [-0.39, 0.29) is 68.1 Å². The summed E-state index contributed by atoms with van der Waals surface area (Å²) in [4.78, 5) is 39.2. The van der Waals surface area contributed by atoms with Gasteiger partial charge in [-0.2, -0.15) is 5.26 Å². The van der Waals surface area contributed by atoms with E-state index in [4.69, 9.17) is 33.8 Å². The number of nitrogens with two attached hydrogens (primary N) is 1. The van der Waals surface area contributed by atoms with Crippen LogP contribution in [0.3, 0.4) is 0 Å². The van der Waals surface area contributed by atoms with Crippen molar-refractivity contribution in [1.82, 2.24) is 20.9 Å². The first-order valence-corrected chi connectivity index (χ1v) is 20.4. The topological polar surface area (TPSA) is 162 Å². The van der Waals surface area contributed by atoms with E-state index < -0.39 is 41.0 Å². The third kappa shape index (κ3) is 10.9. The Morgan fingerprint density at radius 2 is 1.80 bits per heavy atom. The van der Waals surface area contributed by atoms with Crippen LogP contribution in [0.4, 0.5) is 14.5 Å². The van der Waals surface area contributed by atoms with E-state index in [9.17, 15) is 19.6 Å². The normalized spacial score (nSPS) is 23.2. The molecule has 3 aromatic carbocycles. The third-order valence-corrected chi connectivity index (χ3v) is 11.8. The van der Waals surface area contributed by atoms with E-state index in [1.807, 2.05) is 20.8 Å². The van der Waals surface area contributed by atoms with E-state index in [0.717, 1.165) is 31.7 Å². The van der Waals surface area contributed by atoms with Crippen LogP contribution < -0.4 is 31.8 Å². The minimum atomic E-state index is -1.53. The summed E-state index contributed by atoms with van der Waals surface area (Å²) in [5.41, 5.74) is -0.433. The van der Waals surface area contributed by atoms with Gasteiger partial charge < -0.3 is 30.9 Å². The van der Waals surface area contributed by atoms with E-state index in [1.165, 1.54) is 44.4 Å². The lowest BCUT2D eigenvalue weighted by molar-refractivity contribution is -0.119. The van der Waals surface area contributed by atoms with Crippen LogP contribution >= 0.6 is 23.2 Å². The molecule has 59 heavy (non-hydrogen) atoms. The van der Waals surface area contributed by atoms with Crippen LogP contribution in [0.25, 0.3) is 0 Å². The molecule has 5 rings (SSSR count). The molecule has 1 heterocycles. The molecular weight excluding hydrogens is 798 g/mol. The second kappa shape index (κ2) is 19.1. The Bertz CT molecular complexity index is 2120. The number of anilines is 1. The second-order valence-corrected chi connectivity index (χ2v) is 17.7. The van der Waals surface area contributed by atoms with Gasteiger partial charge in [-0.25, -0.2) is 14.6 Å². The average molecular weight is 851 g/mol. The smallest absolute Gasteiger partial charge is 0.242 e. The first-order chi connectivity index (χ1) is 27.8. The molecule has 3 aromatic rings. The van der Waals surface area contributed by atoms with Gasteiger partial charge in [0.1, 0.15) is 17.4 Å². The Kier molecular flexibility index (Phi) is 14.7. The van der Waals surface area contributed by atoms with Crippen LogP contribution in [-0.4, -0.2) is 55.4 Å². The molecule has 1 aliphatic heterocycles. The van der Waals surface area contributed by atoms with E-state index in [0.29, 0.717) is 25.1 Å². The number of benzene rings is 3. The Morgan fingerprint density at radius 1 is 1.08 bits per heavy atom. The molecule has 0 spiro atoms. The Hall–Kier alpha value is -4.68. The van der Waals surface area contributed by atoms with E-state index in [2.05, 4.69) is 27.2 Å². The van der Waals surface area contributed by atoms with Crippen molar-refractivity contribution in [3.05, 3.63) is 105 Å². The van der Waals surface area contributed by atoms with Crippen molar-refractivity contribution < 1.29 is 27.9 Å². The van der Waals surface area contributed by atoms with Gasteiger partial charge in [0.2, 0.25) is 25.1 Å². The Balaban J connectivity index is 1.36. The number of nitrogens with one attached hydrogen (secondary N) is 4. The minimum absolute atomic E-state index is 0.0409. The van der Waals surface area contributed by atoms with E-state index in [1.54, 1.807) is 36.3 Å². The van der Waals surface area contributed by atoms with Crippen LogP contribution in [0, 0.1) is 33.8 Å². The van der Waals surface area contributed by atoms with Crippen molar-refractivity contribution in [3.8, 4) is 11.8 Å². The largest absolute Gasteiger partial charge is 0.495 e. The van der Waals surface area contributed by atoms with Crippen molar-refractivity contribution in [2.75, 3.05) is 12.4 Å².